The molecule has 2 rings (SSSR count). The van der Waals surface area contributed by atoms with Crippen LogP contribution in [0.15, 0.2) is 42.0 Å². The summed E-state index contributed by atoms with van der Waals surface area (Å²) >= 11 is 0. The molecule has 0 bridgehead atoms. The van der Waals surface area contributed by atoms with E-state index >= 15 is 0 Å². The van der Waals surface area contributed by atoms with Crippen molar-refractivity contribution in [2.45, 2.75) is 40.5 Å². The maximum atomic E-state index is 12.3. The number of ether oxygens (including phenoxy) is 4. The number of nitrogens with zero attached hydrogens (tertiary/aromatic N) is 1. The van der Waals surface area contributed by atoms with E-state index in [-0.39, 0.29) is 24.4 Å². The minimum atomic E-state index is -0.698. The molecule has 0 unspecified atom stereocenters. The summed E-state index contributed by atoms with van der Waals surface area (Å²) in [7, 11) is 0. The van der Waals surface area contributed by atoms with Crippen molar-refractivity contribution in [1.82, 2.24) is 0 Å². The molecule has 33 heavy (non-hydrogen) atoms. The van der Waals surface area contributed by atoms with Gasteiger partial charge in [-0.2, -0.15) is 5.26 Å². The molecule has 2 aromatic rings. The molecule has 0 heterocycles. The van der Waals surface area contributed by atoms with Crippen LogP contribution in [0.25, 0.3) is 6.08 Å². The van der Waals surface area contributed by atoms with Gasteiger partial charge in [-0.3, -0.25) is 4.79 Å². The Morgan fingerprint density at radius 1 is 0.970 bits per heavy atom. The lowest BCUT2D eigenvalue weighted by molar-refractivity contribution is -0.138. The first kappa shape index (κ1) is 25.5. The van der Waals surface area contributed by atoms with E-state index in [1.807, 2.05) is 38.1 Å². The summed E-state index contributed by atoms with van der Waals surface area (Å²) in [5.41, 5.74) is 2.57. The van der Waals surface area contributed by atoms with Crippen molar-refractivity contribution < 1.29 is 28.5 Å². The number of esters is 2. The summed E-state index contributed by atoms with van der Waals surface area (Å²) < 4.78 is 21.7. The van der Waals surface area contributed by atoms with E-state index in [0.717, 1.165) is 16.9 Å². The number of hydrogen-bond acceptors (Lipinski definition) is 7. The second-order valence-corrected chi connectivity index (χ2v) is 7.22. The molecule has 0 radical (unpaired) electrons. The zero-order valence-corrected chi connectivity index (χ0v) is 19.5. The topological polar surface area (TPSA) is 94.9 Å². The smallest absolute Gasteiger partial charge is 0.348 e. The molecular weight excluding hydrogens is 422 g/mol. The van der Waals surface area contributed by atoms with Crippen LogP contribution in [-0.2, 0) is 14.3 Å². The number of aryl methyl sites for hydroxylation is 2. The maximum Gasteiger partial charge on any atom is 0.348 e. The zero-order chi connectivity index (χ0) is 24.2. The Bertz CT molecular complexity index is 1050. The monoisotopic (exact) mass is 451 g/mol. The largest absolute Gasteiger partial charge is 0.493 e. The van der Waals surface area contributed by atoms with Crippen LogP contribution in [-0.4, -0.2) is 31.8 Å². The minimum absolute atomic E-state index is 0.132. The van der Waals surface area contributed by atoms with E-state index in [0.29, 0.717) is 30.9 Å². The molecule has 174 valence electrons. The van der Waals surface area contributed by atoms with E-state index in [1.165, 1.54) is 6.08 Å². The molecule has 0 aliphatic heterocycles. The summed E-state index contributed by atoms with van der Waals surface area (Å²) in [6.45, 7) is 8.36. The number of carbonyl (C=O) groups excluding carboxylic acids is 2. The lowest BCUT2D eigenvalue weighted by Gasteiger charge is -2.12. The van der Waals surface area contributed by atoms with E-state index in [1.54, 1.807) is 32.0 Å². The van der Waals surface area contributed by atoms with Gasteiger partial charge >= 0.3 is 11.9 Å². The molecule has 0 aromatic heterocycles. The lowest BCUT2D eigenvalue weighted by atomic mass is 10.1. The molecule has 0 saturated heterocycles. The average Bonchev–Trinajstić information content (AvgIpc) is 2.79. The van der Waals surface area contributed by atoms with Crippen LogP contribution in [0.3, 0.4) is 0 Å². The van der Waals surface area contributed by atoms with Crippen LogP contribution in [0.2, 0.25) is 0 Å². The molecule has 7 heteroatoms. The van der Waals surface area contributed by atoms with Crippen molar-refractivity contribution >= 4 is 18.0 Å². The van der Waals surface area contributed by atoms with Crippen LogP contribution in [0.4, 0.5) is 0 Å². The number of benzene rings is 2. The summed E-state index contributed by atoms with van der Waals surface area (Å²) in [5, 5.41) is 9.20. The van der Waals surface area contributed by atoms with Crippen molar-refractivity contribution in [3.8, 4) is 23.3 Å². The molecule has 0 atom stereocenters. The molecule has 0 N–H and O–H groups in total. The zero-order valence-electron chi connectivity index (χ0n) is 19.5. The number of carbonyl (C=O) groups is 2. The van der Waals surface area contributed by atoms with Gasteiger partial charge in [-0.1, -0.05) is 18.2 Å². The molecule has 0 saturated carbocycles. The van der Waals surface area contributed by atoms with Crippen molar-refractivity contribution in [2.75, 3.05) is 19.8 Å². The summed E-state index contributed by atoms with van der Waals surface area (Å²) in [5.74, 6) is 0.311. The van der Waals surface area contributed by atoms with E-state index in [9.17, 15) is 14.9 Å². The third kappa shape index (κ3) is 8.00. The first-order valence-corrected chi connectivity index (χ1v) is 10.8. The highest BCUT2D eigenvalue weighted by Gasteiger charge is 2.14. The van der Waals surface area contributed by atoms with Crippen LogP contribution >= 0.6 is 0 Å². The Hall–Kier alpha value is -3.79. The van der Waals surface area contributed by atoms with Crippen LogP contribution < -0.4 is 14.2 Å². The highest BCUT2D eigenvalue weighted by atomic mass is 16.6. The first-order chi connectivity index (χ1) is 15.9. The van der Waals surface area contributed by atoms with E-state index in [4.69, 9.17) is 18.9 Å². The van der Waals surface area contributed by atoms with Gasteiger partial charge < -0.3 is 18.9 Å². The first-order valence-electron chi connectivity index (χ1n) is 10.8. The number of nitriles is 1. The minimum Gasteiger partial charge on any atom is -0.493 e. The van der Waals surface area contributed by atoms with Gasteiger partial charge in [0.2, 0.25) is 0 Å². The van der Waals surface area contributed by atoms with Crippen molar-refractivity contribution in [1.29, 1.82) is 5.26 Å². The van der Waals surface area contributed by atoms with Gasteiger partial charge in [0.1, 0.15) is 17.4 Å². The van der Waals surface area contributed by atoms with Gasteiger partial charge in [-0.25, -0.2) is 4.79 Å². The Labute approximate surface area is 194 Å². The Kier molecular flexibility index (Phi) is 9.97. The average molecular weight is 452 g/mol. The Balaban J connectivity index is 1.99. The van der Waals surface area contributed by atoms with Gasteiger partial charge in [0.25, 0.3) is 0 Å². The third-order valence-electron chi connectivity index (χ3n) is 4.54. The molecule has 0 spiro atoms. The predicted molar refractivity (Wildman–Crippen MR) is 124 cm³/mol. The summed E-state index contributed by atoms with van der Waals surface area (Å²) in [6, 6.07) is 12.6. The predicted octanol–water partition coefficient (Wildman–Crippen LogP) is 4.94. The van der Waals surface area contributed by atoms with Crippen molar-refractivity contribution in [3.05, 3.63) is 58.7 Å². The summed E-state index contributed by atoms with van der Waals surface area (Å²) in [4.78, 5) is 24.2. The SMILES string of the molecule is CCOC(=O)/C(C#N)=C/c1ccc(OC(=O)CCCOc2cc(C)ccc2C)c(OCC)c1. The summed E-state index contributed by atoms with van der Waals surface area (Å²) in [6.07, 6.45) is 2.08. The molecule has 0 amide bonds. The lowest BCUT2D eigenvalue weighted by Crippen LogP contribution is -2.11. The van der Waals surface area contributed by atoms with Crippen LogP contribution in [0, 0.1) is 25.2 Å². The van der Waals surface area contributed by atoms with Gasteiger partial charge in [-0.05, 0) is 75.1 Å². The molecule has 0 aliphatic carbocycles. The standard InChI is InChI=1S/C26H29NO6/c1-5-30-24-16-20(15-21(17-27)26(29)31-6-2)11-12-22(24)33-25(28)8-7-13-32-23-14-18(3)9-10-19(23)4/h9-12,14-16H,5-8,13H2,1-4H3/b21-15+. The van der Waals surface area contributed by atoms with Crippen LogP contribution in [0.5, 0.6) is 17.2 Å². The molecule has 2 aromatic carbocycles. The molecule has 7 nitrogen and oxygen atoms in total. The highest BCUT2D eigenvalue weighted by molar-refractivity contribution is 5.98. The third-order valence-corrected chi connectivity index (χ3v) is 4.54. The van der Waals surface area contributed by atoms with Crippen molar-refractivity contribution in [2.24, 2.45) is 0 Å². The van der Waals surface area contributed by atoms with Crippen molar-refractivity contribution in [3.63, 3.8) is 0 Å². The Morgan fingerprint density at radius 2 is 1.76 bits per heavy atom. The van der Waals surface area contributed by atoms with Gasteiger partial charge in [0, 0.05) is 6.42 Å². The van der Waals surface area contributed by atoms with Crippen LogP contribution in [0.1, 0.15) is 43.4 Å². The fourth-order valence-corrected chi connectivity index (χ4v) is 2.91. The normalized spacial score (nSPS) is 10.8. The van der Waals surface area contributed by atoms with E-state index < -0.39 is 11.9 Å². The van der Waals surface area contributed by atoms with Gasteiger partial charge in [0.15, 0.2) is 11.5 Å². The maximum absolute atomic E-state index is 12.3. The van der Waals surface area contributed by atoms with Gasteiger partial charge in [0.05, 0.1) is 19.8 Å². The molecule has 0 fully saturated rings. The second-order valence-electron chi connectivity index (χ2n) is 7.22. The highest BCUT2D eigenvalue weighted by Crippen LogP contribution is 2.30. The number of hydrogen-bond donors (Lipinski definition) is 0. The second kappa shape index (κ2) is 12.9. The van der Waals surface area contributed by atoms with E-state index in [2.05, 4.69) is 0 Å². The molecular formula is C26H29NO6. The fourth-order valence-electron chi connectivity index (χ4n) is 2.91. The quantitative estimate of drug-likeness (QED) is 0.157. The molecule has 0 aliphatic rings. The Morgan fingerprint density at radius 3 is 2.45 bits per heavy atom. The number of rotatable bonds is 11. The van der Waals surface area contributed by atoms with Gasteiger partial charge in [-0.15, -0.1) is 0 Å². The fraction of sp³-hybridized carbons (Fsp3) is 0.346.